The van der Waals surface area contributed by atoms with Crippen LogP contribution in [0.2, 0.25) is 0 Å². The van der Waals surface area contributed by atoms with E-state index in [1.54, 1.807) is 0 Å². The molecule has 0 bridgehead atoms. The number of benzene rings is 1. The average molecular weight is 231 g/mol. The topological polar surface area (TPSA) is 55.3 Å². The lowest BCUT2D eigenvalue weighted by Gasteiger charge is -2.19. The summed E-state index contributed by atoms with van der Waals surface area (Å²) in [5.41, 5.74) is 7.24. The normalized spacial score (nSPS) is 17.3. The molecule has 3 rings (SSSR count). The summed E-state index contributed by atoms with van der Waals surface area (Å²) >= 11 is 0. The number of nitrogens with zero attached hydrogens (tertiary/aromatic N) is 2. The number of aromatic nitrogens is 1. The predicted molar refractivity (Wildman–Crippen MR) is 69.1 cm³/mol. The second kappa shape index (κ2) is 4.28. The summed E-state index contributed by atoms with van der Waals surface area (Å²) in [6.07, 6.45) is 5.12. The second-order valence-corrected chi connectivity index (χ2v) is 4.66. The highest BCUT2D eigenvalue weighted by atomic mass is 16.5. The van der Waals surface area contributed by atoms with E-state index in [4.69, 9.17) is 10.3 Å². The molecule has 2 heterocycles. The maximum atomic E-state index is 5.74. The van der Waals surface area contributed by atoms with Crippen LogP contribution in [0.15, 0.2) is 22.7 Å². The van der Waals surface area contributed by atoms with Crippen molar-refractivity contribution in [1.82, 2.24) is 5.16 Å². The van der Waals surface area contributed by atoms with Gasteiger partial charge in [-0.05, 0) is 25.0 Å². The Kier molecular flexibility index (Phi) is 2.63. The van der Waals surface area contributed by atoms with Crippen molar-refractivity contribution in [2.75, 3.05) is 23.7 Å². The zero-order valence-corrected chi connectivity index (χ0v) is 9.85. The molecule has 0 aliphatic carbocycles. The second-order valence-electron chi connectivity index (χ2n) is 4.66. The number of anilines is 2. The molecule has 17 heavy (non-hydrogen) atoms. The number of nitrogen functional groups attached to an aromatic ring is 1. The van der Waals surface area contributed by atoms with Crippen LogP contribution >= 0.6 is 0 Å². The standard InChI is InChI=1S/C13H17N3O/c14-10-5-6-11-12(9-10)17-15-13(11)16-7-3-1-2-4-8-16/h5-6,9H,1-4,7-8,14H2. The summed E-state index contributed by atoms with van der Waals surface area (Å²) in [5, 5.41) is 5.27. The first-order valence-corrected chi connectivity index (χ1v) is 6.24. The lowest BCUT2D eigenvalue weighted by Crippen LogP contribution is -2.24. The molecule has 0 radical (unpaired) electrons. The van der Waals surface area contributed by atoms with Gasteiger partial charge in [0, 0.05) is 24.8 Å². The molecule has 90 valence electrons. The quantitative estimate of drug-likeness (QED) is 0.767. The van der Waals surface area contributed by atoms with E-state index in [1.165, 1.54) is 25.7 Å². The molecule has 1 aliphatic rings. The van der Waals surface area contributed by atoms with Gasteiger partial charge < -0.3 is 15.2 Å². The third-order valence-corrected chi connectivity index (χ3v) is 3.38. The van der Waals surface area contributed by atoms with Crippen molar-refractivity contribution in [2.45, 2.75) is 25.7 Å². The molecule has 0 saturated carbocycles. The van der Waals surface area contributed by atoms with Gasteiger partial charge in [-0.3, -0.25) is 0 Å². The Labute approximate surface area is 100 Å². The predicted octanol–water partition coefficient (Wildman–Crippen LogP) is 2.79. The van der Waals surface area contributed by atoms with Crippen LogP contribution in [0.4, 0.5) is 11.5 Å². The SMILES string of the molecule is Nc1ccc2c(N3CCCCCC3)noc2c1. The Morgan fingerprint density at radius 3 is 2.65 bits per heavy atom. The molecule has 4 heteroatoms. The van der Waals surface area contributed by atoms with E-state index < -0.39 is 0 Å². The monoisotopic (exact) mass is 231 g/mol. The summed E-state index contributed by atoms with van der Waals surface area (Å²) in [7, 11) is 0. The number of hydrogen-bond donors (Lipinski definition) is 1. The van der Waals surface area contributed by atoms with Crippen LogP contribution in [-0.2, 0) is 0 Å². The molecule has 2 aromatic rings. The van der Waals surface area contributed by atoms with Crippen LogP contribution < -0.4 is 10.6 Å². The molecular formula is C13H17N3O. The molecule has 1 aromatic carbocycles. The largest absolute Gasteiger partial charge is 0.399 e. The van der Waals surface area contributed by atoms with Crippen LogP contribution in [0, 0.1) is 0 Å². The first-order chi connectivity index (χ1) is 8.34. The number of nitrogens with two attached hydrogens (primary N) is 1. The van der Waals surface area contributed by atoms with Crippen LogP contribution in [0.25, 0.3) is 11.0 Å². The molecule has 0 unspecified atom stereocenters. The van der Waals surface area contributed by atoms with Gasteiger partial charge >= 0.3 is 0 Å². The minimum atomic E-state index is 0.719. The van der Waals surface area contributed by atoms with E-state index in [0.29, 0.717) is 0 Å². The highest BCUT2D eigenvalue weighted by Crippen LogP contribution is 2.29. The minimum absolute atomic E-state index is 0.719. The van der Waals surface area contributed by atoms with Crippen molar-refractivity contribution < 1.29 is 4.52 Å². The fourth-order valence-corrected chi connectivity index (χ4v) is 2.45. The minimum Gasteiger partial charge on any atom is -0.399 e. The van der Waals surface area contributed by atoms with Gasteiger partial charge in [-0.1, -0.05) is 18.0 Å². The van der Waals surface area contributed by atoms with Gasteiger partial charge in [0.2, 0.25) is 0 Å². The lowest BCUT2D eigenvalue weighted by molar-refractivity contribution is 0.454. The maximum Gasteiger partial charge on any atom is 0.179 e. The average Bonchev–Trinajstić information content (AvgIpc) is 2.57. The molecule has 1 aromatic heterocycles. The molecule has 0 amide bonds. The smallest absolute Gasteiger partial charge is 0.179 e. The van der Waals surface area contributed by atoms with Gasteiger partial charge in [0.25, 0.3) is 0 Å². The molecule has 0 atom stereocenters. The van der Waals surface area contributed by atoms with E-state index in [1.807, 2.05) is 18.2 Å². The highest BCUT2D eigenvalue weighted by Gasteiger charge is 2.16. The van der Waals surface area contributed by atoms with Gasteiger partial charge in [-0.15, -0.1) is 0 Å². The van der Waals surface area contributed by atoms with Crippen LogP contribution in [0.1, 0.15) is 25.7 Å². The first kappa shape index (κ1) is 10.4. The van der Waals surface area contributed by atoms with Gasteiger partial charge in [0.1, 0.15) is 0 Å². The van der Waals surface area contributed by atoms with Crippen molar-refractivity contribution in [3.8, 4) is 0 Å². The highest BCUT2D eigenvalue weighted by molar-refractivity contribution is 5.90. The van der Waals surface area contributed by atoms with Crippen molar-refractivity contribution in [2.24, 2.45) is 0 Å². The zero-order chi connectivity index (χ0) is 11.7. The fourth-order valence-electron chi connectivity index (χ4n) is 2.45. The third kappa shape index (κ3) is 1.95. The molecule has 0 spiro atoms. The van der Waals surface area contributed by atoms with Crippen molar-refractivity contribution in [1.29, 1.82) is 0 Å². The number of rotatable bonds is 1. The molecule has 1 saturated heterocycles. The van der Waals surface area contributed by atoms with E-state index >= 15 is 0 Å². The van der Waals surface area contributed by atoms with Crippen molar-refractivity contribution in [3.63, 3.8) is 0 Å². The Bertz CT molecular complexity index is 512. The summed E-state index contributed by atoms with van der Waals surface area (Å²) in [6.45, 7) is 2.15. The van der Waals surface area contributed by atoms with E-state index in [0.717, 1.165) is 35.6 Å². The zero-order valence-electron chi connectivity index (χ0n) is 9.85. The van der Waals surface area contributed by atoms with Crippen molar-refractivity contribution in [3.05, 3.63) is 18.2 Å². The maximum absolute atomic E-state index is 5.74. The molecular weight excluding hydrogens is 214 g/mol. The summed E-state index contributed by atoms with van der Waals surface area (Å²) in [5.74, 6) is 0.974. The Morgan fingerprint density at radius 1 is 1.12 bits per heavy atom. The summed E-state index contributed by atoms with van der Waals surface area (Å²) in [4.78, 5) is 2.33. The van der Waals surface area contributed by atoms with Crippen LogP contribution in [0.5, 0.6) is 0 Å². The van der Waals surface area contributed by atoms with E-state index in [-0.39, 0.29) is 0 Å². The Hall–Kier alpha value is -1.71. The van der Waals surface area contributed by atoms with Gasteiger partial charge in [0.05, 0.1) is 5.39 Å². The van der Waals surface area contributed by atoms with Crippen LogP contribution in [0.3, 0.4) is 0 Å². The lowest BCUT2D eigenvalue weighted by atomic mass is 10.2. The van der Waals surface area contributed by atoms with Crippen molar-refractivity contribution >= 4 is 22.5 Å². The van der Waals surface area contributed by atoms with E-state index in [9.17, 15) is 0 Å². The molecule has 2 N–H and O–H groups in total. The number of fused-ring (bicyclic) bond motifs is 1. The Morgan fingerprint density at radius 2 is 1.88 bits per heavy atom. The van der Waals surface area contributed by atoms with Gasteiger partial charge in [0.15, 0.2) is 11.4 Å². The first-order valence-electron chi connectivity index (χ1n) is 6.24. The van der Waals surface area contributed by atoms with E-state index in [2.05, 4.69) is 10.1 Å². The fraction of sp³-hybridized carbons (Fsp3) is 0.462. The summed E-state index contributed by atoms with van der Waals surface area (Å²) in [6, 6.07) is 5.74. The van der Waals surface area contributed by atoms with Crippen LogP contribution in [-0.4, -0.2) is 18.2 Å². The summed E-state index contributed by atoms with van der Waals surface area (Å²) < 4.78 is 5.35. The molecule has 1 aliphatic heterocycles. The third-order valence-electron chi connectivity index (χ3n) is 3.38. The number of hydrogen-bond acceptors (Lipinski definition) is 4. The van der Waals surface area contributed by atoms with Gasteiger partial charge in [-0.2, -0.15) is 0 Å². The molecule has 1 fully saturated rings. The Balaban J connectivity index is 1.98. The van der Waals surface area contributed by atoms with Gasteiger partial charge in [-0.25, -0.2) is 0 Å². The molecule has 4 nitrogen and oxygen atoms in total.